The van der Waals surface area contributed by atoms with Crippen molar-refractivity contribution in [2.45, 2.75) is 44.7 Å². The number of carbonyl (C=O) groups excluding carboxylic acids is 1. The maximum Gasteiger partial charge on any atom is 0.351 e. The minimum Gasteiger partial charge on any atom is -0.349 e. The van der Waals surface area contributed by atoms with Gasteiger partial charge in [0.2, 0.25) is 5.78 Å². The third-order valence-corrected chi connectivity index (χ3v) is 6.25. The zero-order valence-corrected chi connectivity index (χ0v) is 18.0. The smallest absolute Gasteiger partial charge is 0.349 e. The van der Waals surface area contributed by atoms with Crippen LogP contribution in [0.25, 0.3) is 16.7 Å². The van der Waals surface area contributed by atoms with Crippen molar-refractivity contribution in [2.75, 3.05) is 0 Å². The van der Waals surface area contributed by atoms with Crippen molar-refractivity contribution in [3.63, 3.8) is 0 Å². The highest BCUT2D eigenvalue weighted by molar-refractivity contribution is 5.98. The zero-order chi connectivity index (χ0) is 22.2. The average molecular weight is 431 g/mol. The molecule has 1 saturated carbocycles. The van der Waals surface area contributed by atoms with Crippen molar-refractivity contribution >= 4 is 22.6 Å². The van der Waals surface area contributed by atoms with Gasteiger partial charge in [-0.05, 0) is 36.6 Å². The summed E-state index contributed by atoms with van der Waals surface area (Å²) in [5.74, 6) is 0.0704. The first-order valence-electron chi connectivity index (χ1n) is 11.0. The van der Waals surface area contributed by atoms with Crippen LogP contribution in [0.1, 0.15) is 48.0 Å². The van der Waals surface area contributed by atoms with Crippen LogP contribution >= 0.6 is 0 Å². The van der Waals surface area contributed by atoms with Gasteiger partial charge < -0.3 is 5.32 Å². The fraction of sp³-hybridized carbons (Fsp3) is 0.333. The molecule has 8 heteroatoms. The largest absolute Gasteiger partial charge is 0.351 e. The highest BCUT2D eigenvalue weighted by Crippen LogP contribution is 2.19. The van der Waals surface area contributed by atoms with Crippen molar-refractivity contribution in [1.29, 1.82) is 0 Å². The standard InChI is InChI=1S/C24H25N5O3/c1-27-24(32)29-20-14-17(21(30)25-18-10-6-3-7-11-18)12-13-19(20)22(31)28(23(29)26-27)15-16-8-4-2-5-9-16/h2,4-5,8-9,12-14,18H,3,6-7,10-11,15H2,1H3,(H,25,30). The second-order valence-electron chi connectivity index (χ2n) is 8.46. The van der Waals surface area contributed by atoms with Crippen LogP contribution in [0, 0.1) is 0 Å². The molecule has 0 spiro atoms. The highest BCUT2D eigenvalue weighted by Gasteiger charge is 2.20. The van der Waals surface area contributed by atoms with Gasteiger partial charge in [0.1, 0.15) is 0 Å². The summed E-state index contributed by atoms with van der Waals surface area (Å²) in [5.41, 5.74) is 1.14. The van der Waals surface area contributed by atoms with Gasteiger partial charge in [0.15, 0.2) is 0 Å². The van der Waals surface area contributed by atoms with Crippen LogP contribution in [0.3, 0.4) is 0 Å². The molecule has 0 radical (unpaired) electrons. The number of aryl methyl sites for hydroxylation is 1. The van der Waals surface area contributed by atoms with Crippen LogP contribution < -0.4 is 16.6 Å². The Morgan fingerprint density at radius 1 is 1.06 bits per heavy atom. The van der Waals surface area contributed by atoms with E-state index >= 15 is 0 Å². The Morgan fingerprint density at radius 3 is 2.56 bits per heavy atom. The van der Waals surface area contributed by atoms with E-state index in [1.165, 1.54) is 20.1 Å². The number of hydrogen-bond donors (Lipinski definition) is 1. The quantitative estimate of drug-likeness (QED) is 0.537. The number of amides is 1. The van der Waals surface area contributed by atoms with E-state index in [1.807, 2.05) is 30.3 Å². The van der Waals surface area contributed by atoms with Crippen molar-refractivity contribution < 1.29 is 4.79 Å². The Morgan fingerprint density at radius 2 is 1.81 bits per heavy atom. The lowest BCUT2D eigenvalue weighted by Crippen LogP contribution is -2.36. The number of aromatic nitrogens is 4. The molecule has 0 bridgehead atoms. The number of rotatable bonds is 4. The van der Waals surface area contributed by atoms with Gasteiger partial charge in [0.05, 0.1) is 17.4 Å². The Kier molecular flexibility index (Phi) is 5.13. The number of hydrogen-bond acceptors (Lipinski definition) is 4. The van der Waals surface area contributed by atoms with Crippen molar-refractivity contribution in [2.24, 2.45) is 7.05 Å². The average Bonchev–Trinajstić information content (AvgIpc) is 3.12. The Labute approximate surface area is 184 Å². The molecule has 4 aromatic rings. The first kappa shape index (κ1) is 20.2. The summed E-state index contributed by atoms with van der Waals surface area (Å²) in [6.45, 7) is 0.291. The molecular formula is C24H25N5O3. The topological polar surface area (TPSA) is 90.4 Å². The molecule has 0 saturated heterocycles. The number of carbonyl (C=O) groups is 1. The minimum atomic E-state index is -0.364. The van der Waals surface area contributed by atoms with E-state index in [0.29, 0.717) is 23.0 Å². The van der Waals surface area contributed by atoms with Crippen molar-refractivity contribution in [1.82, 2.24) is 24.1 Å². The number of nitrogens with one attached hydrogen (secondary N) is 1. The molecule has 2 heterocycles. The third kappa shape index (κ3) is 3.51. The van der Waals surface area contributed by atoms with Crippen LogP contribution in [0.15, 0.2) is 58.1 Å². The van der Waals surface area contributed by atoms with E-state index < -0.39 is 0 Å². The lowest BCUT2D eigenvalue weighted by molar-refractivity contribution is 0.0928. The van der Waals surface area contributed by atoms with Crippen LogP contribution in [0.2, 0.25) is 0 Å². The van der Waals surface area contributed by atoms with Gasteiger partial charge >= 0.3 is 5.69 Å². The summed E-state index contributed by atoms with van der Waals surface area (Å²) >= 11 is 0. The van der Waals surface area contributed by atoms with E-state index in [0.717, 1.165) is 31.2 Å². The lowest BCUT2D eigenvalue weighted by atomic mass is 9.95. The molecule has 1 aliphatic carbocycles. The van der Waals surface area contributed by atoms with Gasteiger partial charge in [-0.3, -0.25) is 14.2 Å². The summed E-state index contributed by atoms with van der Waals surface area (Å²) < 4.78 is 4.13. The number of fused-ring (bicyclic) bond motifs is 3. The molecule has 0 aliphatic heterocycles. The molecule has 32 heavy (non-hydrogen) atoms. The second-order valence-corrected chi connectivity index (χ2v) is 8.46. The predicted octanol–water partition coefficient (Wildman–Crippen LogP) is 2.46. The van der Waals surface area contributed by atoms with Crippen LogP contribution in [0.5, 0.6) is 0 Å². The fourth-order valence-electron chi connectivity index (χ4n) is 4.54. The predicted molar refractivity (Wildman–Crippen MR) is 122 cm³/mol. The highest BCUT2D eigenvalue weighted by atomic mass is 16.2. The molecule has 0 unspecified atom stereocenters. The minimum absolute atomic E-state index is 0.173. The van der Waals surface area contributed by atoms with E-state index in [2.05, 4.69) is 10.4 Å². The van der Waals surface area contributed by atoms with Crippen LogP contribution in [-0.2, 0) is 13.6 Å². The summed E-state index contributed by atoms with van der Waals surface area (Å²) in [5, 5.41) is 7.79. The zero-order valence-electron chi connectivity index (χ0n) is 18.0. The van der Waals surface area contributed by atoms with Crippen molar-refractivity contribution in [3.8, 4) is 0 Å². The van der Waals surface area contributed by atoms with Gasteiger partial charge in [-0.15, -0.1) is 5.10 Å². The maximum absolute atomic E-state index is 13.4. The molecule has 5 rings (SSSR count). The Balaban J connectivity index is 1.64. The van der Waals surface area contributed by atoms with Gasteiger partial charge in [-0.1, -0.05) is 49.6 Å². The van der Waals surface area contributed by atoms with Gasteiger partial charge in [0, 0.05) is 18.7 Å². The molecule has 1 aliphatic rings. The molecular weight excluding hydrogens is 406 g/mol. The van der Waals surface area contributed by atoms with Gasteiger partial charge in [-0.25, -0.2) is 13.9 Å². The molecule has 2 aromatic carbocycles. The molecule has 2 aromatic heterocycles. The van der Waals surface area contributed by atoms with Gasteiger partial charge in [0.25, 0.3) is 11.5 Å². The van der Waals surface area contributed by atoms with Crippen LogP contribution in [0.4, 0.5) is 0 Å². The van der Waals surface area contributed by atoms with E-state index in [9.17, 15) is 14.4 Å². The molecule has 0 atom stereocenters. The maximum atomic E-state index is 13.4. The summed E-state index contributed by atoms with van der Waals surface area (Å²) in [4.78, 5) is 39.1. The van der Waals surface area contributed by atoms with Gasteiger partial charge in [-0.2, -0.15) is 0 Å². The SMILES string of the molecule is Cn1nc2n(Cc3ccccc3)c(=O)c3ccc(C(=O)NC4CCCCC4)cc3n2c1=O. The molecule has 1 fully saturated rings. The third-order valence-electron chi connectivity index (χ3n) is 6.25. The number of nitrogens with zero attached hydrogens (tertiary/aromatic N) is 4. The monoisotopic (exact) mass is 431 g/mol. The molecule has 1 N–H and O–H groups in total. The number of benzene rings is 2. The first-order chi connectivity index (χ1) is 15.5. The Hall–Kier alpha value is -3.68. The molecule has 8 nitrogen and oxygen atoms in total. The van der Waals surface area contributed by atoms with E-state index in [1.54, 1.807) is 25.2 Å². The summed E-state index contributed by atoms with van der Waals surface area (Å²) in [6.07, 6.45) is 5.41. The Bertz CT molecular complexity index is 1430. The first-order valence-corrected chi connectivity index (χ1v) is 11.0. The van der Waals surface area contributed by atoms with Crippen molar-refractivity contribution in [3.05, 3.63) is 80.5 Å². The van der Waals surface area contributed by atoms with E-state index in [4.69, 9.17) is 0 Å². The normalized spacial score (nSPS) is 14.8. The second kappa shape index (κ2) is 8.11. The lowest BCUT2D eigenvalue weighted by Gasteiger charge is -2.22. The molecule has 1 amide bonds. The molecule has 164 valence electrons. The van der Waals surface area contributed by atoms with Crippen LogP contribution in [-0.4, -0.2) is 30.7 Å². The fourth-order valence-corrected chi connectivity index (χ4v) is 4.54. The van der Waals surface area contributed by atoms with E-state index in [-0.39, 0.29) is 29.0 Å². The summed E-state index contributed by atoms with van der Waals surface area (Å²) in [7, 11) is 1.55. The summed E-state index contributed by atoms with van der Waals surface area (Å²) in [6, 6.07) is 14.6.